The van der Waals surface area contributed by atoms with Crippen molar-refractivity contribution in [3.05, 3.63) is 42.0 Å². The first kappa shape index (κ1) is 11.0. The minimum absolute atomic E-state index is 0.243. The minimum Gasteiger partial charge on any atom is -0.372 e. The molecule has 1 aliphatic heterocycles. The topological polar surface area (TPSA) is 29.5 Å². The zero-order valence-corrected chi connectivity index (χ0v) is 8.45. The van der Waals surface area contributed by atoms with Gasteiger partial charge in [-0.3, -0.25) is 4.79 Å². The molecule has 0 bridgehead atoms. The quantitative estimate of drug-likeness (QED) is 0.728. The van der Waals surface area contributed by atoms with E-state index in [2.05, 4.69) is 0 Å². The molecule has 0 atom stereocenters. The first-order chi connectivity index (χ1) is 7.70. The zero-order chi connectivity index (χ0) is 11.5. The summed E-state index contributed by atoms with van der Waals surface area (Å²) in [6, 6.07) is 3.37. The maximum Gasteiger partial charge on any atom is 0.259 e. The Bertz CT molecular complexity index is 383. The average Bonchev–Trinajstić information content (AvgIpc) is 2.30. The second-order valence-electron chi connectivity index (χ2n) is 3.39. The van der Waals surface area contributed by atoms with Crippen molar-refractivity contribution in [2.24, 2.45) is 0 Å². The number of carbonyl (C=O) groups excluding carboxylic acids is 1. The lowest BCUT2D eigenvalue weighted by molar-refractivity contribution is 0.0520. The third-order valence-electron chi connectivity index (χ3n) is 2.36. The fourth-order valence-corrected chi connectivity index (χ4v) is 1.52. The summed E-state index contributed by atoms with van der Waals surface area (Å²) < 4.78 is 31.6. The fraction of sp³-hybridized carbons (Fsp3) is 0.273. The Morgan fingerprint density at radius 3 is 2.56 bits per heavy atom. The first-order valence-corrected chi connectivity index (χ1v) is 4.86. The van der Waals surface area contributed by atoms with Crippen LogP contribution in [0.15, 0.2) is 18.2 Å². The fourth-order valence-electron chi connectivity index (χ4n) is 1.52. The molecule has 1 amide bonds. The average molecular weight is 226 g/mol. The van der Waals surface area contributed by atoms with Crippen LogP contribution in [0.1, 0.15) is 10.4 Å². The highest BCUT2D eigenvalue weighted by Crippen LogP contribution is 2.15. The molecule has 0 unspecified atom stereocenters. The standard InChI is InChI=1S/C11H10F2NO2/c12-8-2-1-3-9(13)10(8)11(15)14-4-6-16-7-5-14/h1-3,6H,4-5,7H2. The van der Waals surface area contributed by atoms with E-state index in [4.69, 9.17) is 4.74 Å². The van der Waals surface area contributed by atoms with Crippen molar-refractivity contribution < 1.29 is 18.3 Å². The predicted molar refractivity (Wildman–Crippen MR) is 52.5 cm³/mol. The number of ether oxygens (including phenoxy) is 1. The van der Waals surface area contributed by atoms with Crippen molar-refractivity contribution >= 4 is 5.91 Å². The zero-order valence-electron chi connectivity index (χ0n) is 8.45. The molecule has 0 spiro atoms. The van der Waals surface area contributed by atoms with Crippen LogP contribution in [0.5, 0.6) is 0 Å². The molecular weight excluding hydrogens is 216 g/mol. The molecular formula is C11H10F2NO2. The molecule has 2 rings (SSSR count). The summed E-state index contributed by atoms with van der Waals surface area (Å²) >= 11 is 0. The van der Waals surface area contributed by atoms with Gasteiger partial charge in [0, 0.05) is 13.1 Å². The van der Waals surface area contributed by atoms with Gasteiger partial charge in [0.1, 0.15) is 23.8 Å². The van der Waals surface area contributed by atoms with E-state index < -0.39 is 23.1 Å². The second-order valence-corrected chi connectivity index (χ2v) is 3.39. The van der Waals surface area contributed by atoms with Gasteiger partial charge in [0.25, 0.3) is 5.91 Å². The number of hydrogen-bond donors (Lipinski definition) is 0. The van der Waals surface area contributed by atoms with Gasteiger partial charge in [0.05, 0.1) is 6.61 Å². The number of amides is 1. The van der Waals surface area contributed by atoms with Gasteiger partial charge in [0.2, 0.25) is 0 Å². The van der Waals surface area contributed by atoms with Crippen molar-refractivity contribution in [1.29, 1.82) is 0 Å². The van der Waals surface area contributed by atoms with E-state index in [0.717, 1.165) is 12.1 Å². The summed E-state index contributed by atoms with van der Waals surface area (Å²) in [7, 11) is 0. The van der Waals surface area contributed by atoms with Gasteiger partial charge in [-0.25, -0.2) is 8.78 Å². The van der Waals surface area contributed by atoms with E-state index >= 15 is 0 Å². The molecule has 3 nitrogen and oxygen atoms in total. The van der Waals surface area contributed by atoms with Crippen LogP contribution in [0.2, 0.25) is 0 Å². The third-order valence-corrected chi connectivity index (χ3v) is 2.36. The van der Waals surface area contributed by atoms with Gasteiger partial charge in [0.15, 0.2) is 0 Å². The van der Waals surface area contributed by atoms with Gasteiger partial charge in [-0.2, -0.15) is 0 Å². The van der Waals surface area contributed by atoms with Gasteiger partial charge >= 0.3 is 0 Å². The normalized spacial score (nSPS) is 16.2. The Kier molecular flexibility index (Phi) is 3.14. The summed E-state index contributed by atoms with van der Waals surface area (Å²) in [5.74, 6) is -2.32. The minimum atomic E-state index is -0.837. The van der Waals surface area contributed by atoms with E-state index in [1.54, 1.807) is 0 Å². The number of morpholine rings is 1. The summed E-state index contributed by atoms with van der Waals surface area (Å²) in [5.41, 5.74) is -0.502. The van der Waals surface area contributed by atoms with Crippen molar-refractivity contribution in [3.8, 4) is 0 Å². The molecule has 1 heterocycles. The Labute approximate surface area is 91.6 Å². The van der Waals surface area contributed by atoms with E-state index in [1.807, 2.05) is 0 Å². The van der Waals surface area contributed by atoms with Crippen LogP contribution in [0.3, 0.4) is 0 Å². The molecule has 1 aliphatic rings. The molecule has 1 saturated heterocycles. The first-order valence-electron chi connectivity index (χ1n) is 4.86. The number of benzene rings is 1. The van der Waals surface area contributed by atoms with Gasteiger partial charge in [-0.1, -0.05) is 6.07 Å². The second kappa shape index (κ2) is 4.57. The van der Waals surface area contributed by atoms with Gasteiger partial charge in [-0.15, -0.1) is 0 Å². The molecule has 85 valence electrons. The smallest absolute Gasteiger partial charge is 0.259 e. The van der Waals surface area contributed by atoms with Gasteiger partial charge in [-0.05, 0) is 12.1 Å². The van der Waals surface area contributed by atoms with Crippen molar-refractivity contribution in [3.63, 3.8) is 0 Å². The molecule has 0 N–H and O–H groups in total. The highest BCUT2D eigenvalue weighted by Gasteiger charge is 2.24. The Morgan fingerprint density at radius 2 is 2.00 bits per heavy atom. The molecule has 0 aliphatic carbocycles. The van der Waals surface area contributed by atoms with Crippen molar-refractivity contribution in [1.82, 2.24) is 4.90 Å². The molecule has 0 saturated carbocycles. The number of halogens is 2. The van der Waals surface area contributed by atoms with E-state index in [-0.39, 0.29) is 6.54 Å². The highest BCUT2D eigenvalue weighted by atomic mass is 19.1. The predicted octanol–water partition coefficient (Wildman–Crippen LogP) is 1.60. The number of carbonyl (C=O) groups is 1. The van der Waals surface area contributed by atoms with Crippen LogP contribution in [-0.2, 0) is 4.74 Å². The van der Waals surface area contributed by atoms with Crippen LogP contribution in [0, 0.1) is 18.2 Å². The summed E-state index contributed by atoms with van der Waals surface area (Å²) in [5, 5.41) is 0. The monoisotopic (exact) mass is 226 g/mol. The van der Waals surface area contributed by atoms with Gasteiger partial charge < -0.3 is 9.64 Å². The molecule has 1 aromatic rings. The van der Waals surface area contributed by atoms with Crippen molar-refractivity contribution in [2.45, 2.75) is 0 Å². The SMILES string of the molecule is O=C(c1c(F)cccc1F)N1C[CH]OCC1. The van der Waals surface area contributed by atoms with Crippen LogP contribution in [-0.4, -0.2) is 30.5 Å². The molecule has 5 heteroatoms. The van der Waals surface area contributed by atoms with Crippen LogP contribution >= 0.6 is 0 Å². The Balaban J connectivity index is 2.26. The number of rotatable bonds is 1. The molecule has 1 aromatic carbocycles. The summed E-state index contributed by atoms with van der Waals surface area (Å²) in [6.45, 7) is 2.37. The molecule has 16 heavy (non-hydrogen) atoms. The highest BCUT2D eigenvalue weighted by molar-refractivity contribution is 5.94. The summed E-state index contributed by atoms with van der Waals surface area (Å²) in [6.07, 6.45) is 0. The number of nitrogens with zero attached hydrogens (tertiary/aromatic N) is 1. The van der Waals surface area contributed by atoms with Crippen LogP contribution in [0.4, 0.5) is 8.78 Å². The molecule has 0 aromatic heterocycles. The lowest BCUT2D eigenvalue weighted by Gasteiger charge is -2.26. The van der Waals surface area contributed by atoms with Crippen LogP contribution in [0.25, 0.3) is 0 Å². The third kappa shape index (κ3) is 2.04. The number of hydrogen-bond acceptors (Lipinski definition) is 2. The maximum atomic E-state index is 13.3. The van der Waals surface area contributed by atoms with Crippen molar-refractivity contribution in [2.75, 3.05) is 19.7 Å². The van der Waals surface area contributed by atoms with E-state index in [9.17, 15) is 13.6 Å². The van der Waals surface area contributed by atoms with E-state index in [1.165, 1.54) is 17.6 Å². The van der Waals surface area contributed by atoms with E-state index in [0.29, 0.717) is 13.2 Å². The molecule has 1 fully saturated rings. The lowest BCUT2D eigenvalue weighted by Crippen LogP contribution is -2.39. The summed E-state index contributed by atoms with van der Waals surface area (Å²) in [4.78, 5) is 13.2. The molecule has 1 radical (unpaired) electrons. The Morgan fingerprint density at radius 1 is 1.31 bits per heavy atom. The largest absolute Gasteiger partial charge is 0.372 e. The van der Waals surface area contributed by atoms with Crippen LogP contribution < -0.4 is 0 Å². The Hall–Kier alpha value is -1.49. The lowest BCUT2D eigenvalue weighted by atomic mass is 10.1. The maximum absolute atomic E-state index is 13.3.